The third-order valence-electron chi connectivity index (χ3n) is 4.08. The molecule has 1 aromatic heterocycles. The highest BCUT2D eigenvalue weighted by molar-refractivity contribution is 5.89. The second-order valence-electron chi connectivity index (χ2n) is 7.50. The van der Waals surface area contributed by atoms with Gasteiger partial charge in [0.1, 0.15) is 0 Å². The molecule has 0 saturated carbocycles. The monoisotopic (exact) mass is 344 g/mol. The Kier molecular flexibility index (Phi) is 5.85. The summed E-state index contributed by atoms with van der Waals surface area (Å²) in [7, 11) is 0. The topological polar surface area (TPSA) is 79.2 Å². The maximum absolute atomic E-state index is 12.0. The van der Waals surface area contributed by atoms with E-state index < -0.39 is 6.10 Å². The fraction of sp³-hybridized carbons (Fsp3) is 0.474. The largest absolute Gasteiger partial charge is 0.391 e. The number of hydrogen-bond donors (Lipinski definition) is 3. The first kappa shape index (κ1) is 19.0. The number of aryl methyl sites for hydroxylation is 2. The fourth-order valence-electron chi connectivity index (χ4n) is 2.43. The van der Waals surface area contributed by atoms with Crippen molar-refractivity contribution in [1.29, 1.82) is 0 Å². The van der Waals surface area contributed by atoms with Gasteiger partial charge in [0.25, 0.3) is 0 Å². The summed E-state index contributed by atoms with van der Waals surface area (Å²) in [6.45, 7) is 10.6. The molecule has 1 heterocycles. The minimum absolute atomic E-state index is 0.209. The van der Waals surface area contributed by atoms with E-state index in [4.69, 9.17) is 0 Å². The molecule has 0 radical (unpaired) electrons. The van der Waals surface area contributed by atoms with E-state index in [0.29, 0.717) is 12.2 Å². The zero-order chi connectivity index (χ0) is 18.6. The van der Waals surface area contributed by atoms with Gasteiger partial charge in [-0.1, -0.05) is 32.9 Å². The molecule has 1 atom stereocenters. The van der Waals surface area contributed by atoms with Crippen molar-refractivity contribution in [2.24, 2.45) is 5.41 Å². The van der Waals surface area contributed by atoms with Gasteiger partial charge in [0, 0.05) is 17.9 Å². The summed E-state index contributed by atoms with van der Waals surface area (Å²) in [5, 5.41) is 19.9. The molecule has 2 amide bonds. The number of aromatic nitrogens is 2. The van der Waals surface area contributed by atoms with Gasteiger partial charge >= 0.3 is 6.03 Å². The lowest BCUT2D eigenvalue weighted by Crippen LogP contribution is -2.40. The van der Waals surface area contributed by atoms with Crippen molar-refractivity contribution in [2.75, 3.05) is 11.9 Å². The number of urea groups is 1. The van der Waals surface area contributed by atoms with Crippen LogP contribution in [0.3, 0.4) is 0 Å². The van der Waals surface area contributed by atoms with Crippen LogP contribution in [-0.2, 0) is 6.54 Å². The molecule has 6 heteroatoms. The molecular weight excluding hydrogens is 316 g/mol. The van der Waals surface area contributed by atoms with Crippen molar-refractivity contribution in [3.8, 4) is 0 Å². The van der Waals surface area contributed by atoms with E-state index >= 15 is 0 Å². The predicted molar refractivity (Wildman–Crippen MR) is 99.7 cm³/mol. The van der Waals surface area contributed by atoms with Crippen molar-refractivity contribution < 1.29 is 9.90 Å². The molecule has 0 fully saturated rings. The number of benzene rings is 1. The van der Waals surface area contributed by atoms with Gasteiger partial charge in [0.05, 0.1) is 18.3 Å². The van der Waals surface area contributed by atoms with E-state index in [1.54, 1.807) is 0 Å². The number of hydrogen-bond acceptors (Lipinski definition) is 3. The van der Waals surface area contributed by atoms with Crippen molar-refractivity contribution in [3.05, 3.63) is 47.3 Å². The average Bonchev–Trinajstić information content (AvgIpc) is 2.82. The Bertz CT molecular complexity index is 731. The number of nitrogens with zero attached hydrogens (tertiary/aromatic N) is 2. The molecule has 0 saturated heterocycles. The SMILES string of the molecule is Cc1cc(C)n(Cc2cccc(NC(=O)NCC(O)C(C)(C)C)c2)n1. The van der Waals surface area contributed by atoms with Gasteiger partial charge in [-0.15, -0.1) is 0 Å². The molecule has 0 spiro atoms. The van der Waals surface area contributed by atoms with Crippen LogP contribution in [0.4, 0.5) is 10.5 Å². The summed E-state index contributed by atoms with van der Waals surface area (Å²) in [5.41, 5.74) is 3.58. The number of aliphatic hydroxyl groups excluding tert-OH is 1. The summed E-state index contributed by atoms with van der Waals surface area (Å²) in [6, 6.07) is 9.38. The Balaban J connectivity index is 1.95. The molecule has 0 aliphatic carbocycles. The highest BCUT2D eigenvalue weighted by Gasteiger charge is 2.22. The maximum Gasteiger partial charge on any atom is 0.319 e. The van der Waals surface area contributed by atoms with Gasteiger partial charge in [0.15, 0.2) is 0 Å². The van der Waals surface area contributed by atoms with Crippen LogP contribution in [0.2, 0.25) is 0 Å². The van der Waals surface area contributed by atoms with Crippen LogP contribution < -0.4 is 10.6 Å². The second-order valence-corrected chi connectivity index (χ2v) is 7.50. The van der Waals surface area contributed by atoms with E-state index in [-0.39, 0.29) is 18.0 Å². The van der Waals surface area contributed by atoms with Gasteiger partial charge in [-0.25, -0.2) is 4.79 Å². The van der Waals surface area contributed by atoms with Crippen LogP contribution in [0.1, 0.15) is 37.7 Å². The van der Waals surface area contributed by atoms with E-state index in [2.05, 4.69) is 15.7 Å². The summed E-state index contributed by atoms with van der Waals surface area (Å²) in [5.74, 6) is 0. The standard InChI is InChI=1S/C19H28N4O2/c1-13-9-14(2)23(22-13)12-15-7-6-8-16(10-15)21-18(25)20-11-17(24)19(3,4)5/h6-10,17,24H,11-12H2,1-5H3,(H2,20,21,25). The normalized spacial score (nSPS) is 12.7. The number of rotatable bonds is 5. The van der Waals surface area contributed by atoms with E-state index in [1.165, 1.54) is 0 Å². The Hall–Kier alpha value is -2.34. The van der Waals surface area contributed by atoms with Crippen LogP contribution >= 0.6 is 0 Å². The van der Waals surface area contributed by atoms with Crippen molar-refractivity contribution >= 4 is 11.7 Å². The molecule has 3 N–H and O–H groups in total. The van der Waals surface area contributed by atoms with Crippen LogP contribution in [0, 0.1) is 19.3 Å². The number of amides is 2. The van der Waals surface area contributed by atoms with Gasteiger partial charge < -0.3 is 15.7 Å². The van der Waals surface area contributed by atoms with Gasteiger partial charge in [-0.2, -0.15) is 5.10 Å². The summed E-state index contributed by atoms with van der Waals surface area (Å²) < 4.78 is 1.94. The van der Waals surface area contributed by atoms with Gasteiger partial charge in [0.2, 0.25) is 0 Å². The number of aliphatic hydroxyl groups is 1. The zero-order valence-electron chi connectivity index (χ0n) is 15.6. The fourth-order valence-corrected chi connectivity index (χ4v) is 2.43. The molecule has 136 valence electrons. The number of carbonyl (C=O) groups is 1. The Morgan fingerprint density at radius 1 is 1.28 bits per heavy atom. The van der Waals surface area contributed by atoms with Gasteiger partial charge in [-0.3, -0.25) is 4.68 Å². The van der Waals surface area contributed by atoms with Gasteiger partial charge in [-0.05, 0) is 43.0 Å². The highest BCUT2D eigenvalue weighted by Crippen LogP contribution is 2.18. The number of carbonyl (C=O) groups excluding carboxylic acids is 1. The van der Waals surface area contributed by atoms with E-state index in [1.807, 2.05) is 69.6 Å². The molecule has 25 heavy (non-hydrogen) atoms. The minimum atomic E-state index is -0.601. The average molecular weight is 344 g/mol. The van der Waals surface area contributed by atoms with E-state index in [0.717, 1.165) is 17.0 Å². The van der Waals surface area contributed by atoms with Crippen LogP contribution in [0.15, 0.2) is 30.3 Å². The van der Waals surface area contributed by atoms with Crippen LogP contribution in [-0.4, -0.2) is 33.6 Å². The predicted octanol–water partition coefficient (Wildman–Crippen LogP) is 3.08. The molecule has 0 aliphatic heterocycles. The first-order valence-electron chi connectivity index (χ1n) is 8.48. The lowest BCUT2D eigenvalue weighted by Gasteiger charge is -2.25. The first-order chi connectivity index (χ1) is 11.6. The summed E-state index contributed by atoms with van der Waals surface area (Å²) >= 11 is 0. The molecule has 1 aromatic carbocycles. The summed E-state index contributed by atoms with van der Waals surface area (Å²) in [6.07, 6.45) is -0.601. The second kappa shape index (κ2) is 7.70. The van der Waals surface area contributed by atoms with Crippen LogP contribution in [0.25, 0.3) is 0 Å². The van der Waals surface area contributed by atoms with E-state index in [9.17, 15) is 9.90 Å². The molecule has 0 aliphatic rings. The maximum atomic E-state index is 12.0. The molecule has 6 nitrogen and oxygen atoms in total. The molecule has 0 bridgehead atoms. The molecule has 1 unspecified atom stereocenters. The van der Waals surface area contributed by atoms with Crippen LogP contribution in [0.5, 0.6) is 0 Å². The minimum Gasteiger partial charge on any atom is -0.391 e. The van der Waals surface area contributed by atoms with Crippen molar-refractivity contribution in [3.63, 3.8) is 0 Å². The Morgan fingerprint density at radius 3 is 2.60 bits per heavy atom. The third-order valence-corrected chi connectivity index (χ3v) is 4.08. The lowest BCUT2D eigenvalue weighted by atomic mass is 9.89. The number of anilines is 1. The Labute approximate surface area is 149 Å². The first-order valence-corrected chi connectivity index (χ1v) is 8.48. The quantitative estimate of drug-likeness (QED) is 0.780. The van der Waals surface area contributed by atoms with Crippen molar-refractivity contribution in [1.82, 2.24) is 15.1 Å². The highest BCUT2D eigenvalue weighted by atomic mass is 16.3. The zero-order valence-corrected chi connectivity index (χ0v) is 15.6. The number of nitrogens with one attached hydrogen (secondary N) is 2. The Morgan fingerprint density at radius 2 is 2.00 bits per heavy atom. The third kappa shape index (κ3) is 5.60. The molecule has 2 rings (SSSR count). The molecule has 2 aromatic rings. The lowest BCUT2D eigenvalue weighted by molar-refractivity contribution is 0.0654. The smallest absolute Gasteiger partial charge is 0.319 e. The summed E-state index contributed by atoms with van der Waals surface area (Å²) in [4.78, 5) is 12.0. The van der Waals surface area contributed by atoms with Crippen molar-refractivity contribution in [2.45, 2.75) is 47.3 Å². The molecular formula is C19H28N4O2.